The molecule has 0 aliphatic carbocycles. The molecule has 0 aromatic carbocycles. The zero-order chi connectivity index (χ0) is 14.8. The van der Waals surface area contributed by atoms with E-state index in [4.69, 9.17) is 5.73 Å². The van der Waals surface area contributed by atoms with Gasteiger partial charge in [0.2, 0.25) is 17.8 Å². The second-order valence-corrected chi connectivity index (χ2v) is 6.01. The van der Waals surface area contributed by atoms with Crippen LogP contribution in [0.4, 0.5) is 17.8 Å². The zero-order valence-corrected chi connectivity index (χ0v) is 13.2. The fourth-order valence-electron chi connectivity index (χ4n) is 2.58. The third kappa shape index (κ3) is 2.78. The SMILES string of the molecule is CCN(CC)c1nc(N)nc(N2CCc3sccc3C2)n1. The van der Waals surface area contributed by atoms with E-state index in [0.29, 0.717) is 11.9 Å². The Morgan fingerprint density at radius 2 is 2.10 bits per heavy atom. The first-order valence-corrected chi connectivity index (χ1v) is 8.16. The molecule has 2 aromatic heterocycles. The maximum Gasteiger partial charge on any atom is 0.232 e. The number of hydrogen-bond acceptors (Lipinski definition) is 7. The van der Waals surface area contributed by atoms with Gasteiger partial charge in [-0.3, -0.25) is 0 Å². The number of nitrogens with two attached hydrogens (primary N) is 1. The first-order valence-electron chi connectivity index (χ1n) is 7.28. The monoisotopic (exact) mass is 304 g/mol. The van der Waals surface area contributed by atoms with Gasteiger partial charge in [0.05, 0.1) is 0 Å². The Hall–Kier alpha value is -1.89. The highest BCUT2D eigenvalue weighted by molar-refractivity contribution is 7.10. The average molecular weight is 304 g/mol. The molecule has 2 aromatic rings. The average Bonchev–Trinajstić information content (AvgIpc) is 2.95. The van der Waals surface area contributed by atoms with Gasteiger partial charge in [0.25, 0.3) is 0 Å². The van der Waals surface area contributed by atoms with E-state index >= 15 is 0 Å². The van der Waals surface area contributed by atoms with Crippen molar-refractivity contribution in [2.75, 3.05) is 35.2 Å². The fraction of sp³-hybridized carbons (Fsp3) is 0.500. The third-order valence-corrected chi connectivity index (χ3v) is 4.79. The fourth-order valence-corrected chi connectivity index (χ4v) is 3.47. The highest BCUT2D eigenvalue weighted by Gasteiger charge is 2.21. The smallest absolute Gasteiger partial charge is 0.232 e. The molecule has 1 aliphatic heterocycles. The van der Waals surface area contributed by atoms with Gasteiger partial charge in [-0.05, 0) is 37.3 Å². The van der Waals surface area contributed by atoms with E-state index in [9.17, 15) is 0 Å². The molecule has 112 valence electrons. The van der Waals surface area contributed by atoms with Crippen molar-refractivity contribution in [1.29, 1.82) is 0 Å². The molecule has 0 fully saturated rings. The summed E-state index contributed by atoms with van der Waals surface area (Å²) in [4.78, 5) is 18.9. The maximum atomic E-state index is 5.87. The molecule has 6 nitrogen and oxygen atoms in total. The number of fused-ring (bicyclic) bond motifs is 1. The van der Waals surface area contributed by atoms with E-state index in [1.807, 2.05) is 11.3 Å². The number of anilines is 3. The third-order valence-electron chi connectivity index (χ3n) is 3.77. The van der Waals surface area contributed by atoms with Crippen molar-refractivity contribution in [3.63, 3.8) is 0 Å². The van der Waals surface area contributed by atoms with Crippen LogP contribution in [0.15, 0.2) is 11.4 Å². The van der Waals surface area contributed by atoms with Gasteiger partial charge in [-0.15, -0.1) is 11.3 Å². The summed E-state index contributed by atoms with van der Waals surface area (Å²) in [6.07, 6.45) is 1.04. The van der Waals surface area contributed by atoms with Crippen LogP contribution >= 0.6 is 11.3 Å². The molecular formula is C14H20N6S. The van der Waals surface area contributed by atoms with Gasteiger partial charge in [-0.1, -0.05) is 0 Å². The van der Waals surface area contributed by atoms with Crippen LogP contribution in [0, 0.1) is 0 Å². The van der Waals surface area contributed by atoms with E-state index in [1.54, 1.807) is 0 Å². The lowest BCUT2D eigenvalue weighted by molar-refractivity contribution is 0.709. The molecule has 7 heteroatoms. The number of nitrogen functional groups attached to an aromatic ring is 1. The molecule has 2 N–H and O–H groups in total. The summed E-state index contributed by atoms with van der Waals surface area (Å²) in [7, 11) is 0. The molecule has 1 aliphatic rings. The second kappa shape index (κ2) is 5.85. The second-order valence-electron chi connectivity index (χ2n) is 5.01. The van der Waals surface area contributed by atoms with Gasteiger partial charge < -0.3 is 15.5 Å². The predicted octanol–water partition coefficient (Wildman–Crippen LogP) is 1.92. The summed E-state index contributed by atoms with van der Waals surface area (Å²) in [5.41, 5.74) is 7.24. The molecule has 21 heavy (non-hydrogen) atoms. The largest absolute Gasteiger partial charge is 0.368 e. The number of aromatic nitrogens is 3. The summed E-state index contributed by atoms with van der Waals surface area (Å²) in [5.74, 6) is 1.64. The number of hydrogen-bond donors (Lipinski definition) is 1. The number of thiophene rings is 1. The number of nitrogens with zero attached hydrogens (tertiary/aromatic N) is 5. The van der Waals surface area contributed by atoms with Gasteiger partial charge in [-0.2, -0.15) is 15.0 Å². The first-order chi connectivity index (χ1) is 10.2. The molecule has 3 rings (SSSR count). The van der Waals surface area contributed by atoms with Crippen LogP contribution in [-0.2, 0) is 13.0 Å². The molecule has 0 amide bonds. The van der Waals surface area contributed by atoms with Crippen molar-refractivity contribution in [2.24, 2.45) is 0 Å². The Morgan fingerprint density at radius 3 is 2.86 bits per heavy atom. The molecule has 0 bridgehead atoms. The van der Waals surface area contributed by atoms with E-state index in [2.05, 4.69) is 50.0 Å². The van der Waals surface area contributed by atoms with Crippen LogP contribution in [0.3, 0.4) is 0 Å². The van der Waals surface area contributed by atoms with Crippen molar-refractivity contribution < 1.29 is 0 Å². The first kappa shape index (κ1) is 14.1. The van der Waals surface area contributed by atoms with Gasteiger partial charge in [0.15, 0.2) is 0 Å². The molecule has 0 radical (unpaired) electrons. The van der Waals surface area contributed by atoms with Crippen LogP contribution in [-0.4, -0.2) is 34.6 Å². The molecule has 0 spiro atoms. The summed E-state index contributed by atoms with van der Waals surface area (Å²) < 4.78 is 0. The minimum atomic E-state index is 0.290. The lowest BCUT2D eigenvalue weighted by atomic mass is 10.1. The summed E-state index contributed by atoms with van der Waals surface area (Å²) in [5, 5.41) is 2.15. The van der Waals surface area contributed by atoms with E-state index < -0.39 is 0 Å². The van der Waals surface area contributed by atoms with Gasteiger partial charge in [-0.25, -0.2) is 0 Å². The highest BCUT2D eigenvalue weighted by Crippen LogP contribution is 2.27. The molecule has 0 unspecified atom stereocenters. The van der Waals surface area contributed by atoms with Crippen molar-refractivity contribution in [3.05, 3.63) is 21.9 Å². The topological polar surface area (TPSA) is 71.2 Å². The lowest BCUT2D eigenvalue weighted by Crippen LogP contribution is -2.32. The molecule has 0 saturated carbocycles. The van der Waals surface area contributed by atoms with Gasteiger partial charge in [0, 0.05) is 31.1 Å². The maximum absolute atomic E-state index is 5.87. The zero-order valence-electron chi connectivity index (χ0n) is 12.4. The standard InChI is InChI=1S/C14H20N6S/c1-3-19(4-2)13-16-12(15)17-14(18-13)20-7-5-11-10(9-20)6-8-21-11/h6,8H,3-5,7,9H2,1-2H3,(H2,15,16,17,18). The molecule has 3 heterocycles. The highest BCUT2D eigenvalue weighted by atomic mass is 32.1. The number of rotatable bonds is 4. The quantitative estimate of drug-likeness (QED) is 0.930. The Labute approximate surface area is 128 Å². The van der Waals surface area contributed by atoms with E-state index in [1.165, 1.54) is 10.4 Å². The van der Waals surface area contributed by atoms with Crippen molar-refractivity contribution in [1.82, 2.24) is 15.0 Å². The minimum absolute atomic E-state index is 0.290. The van der Waals surface area contributed by atoms with Crippen molar-refractivity contribution >= 4 is 29.2 Å². The predicted molar refractivity (Wildman–Crippen MR) is 86.9 cm³/mol. The van der Waals surface area contributed by atoms with Crippen LogP contribution in [0.25, 0.3) is 0 Å². The molecule has 0 saturated heterocycles. The summed E-state index contributed by atoms with van der Waals surface area (Å²) >= 11 is 1.83. The molecule has 0 atom stereocenters. The van der Waals surface area contributed by atoms with Gasteiger partial charge >= 0.3 is 0 Å². The Morgan fingerprint density at radius 1 is 1.29 bits per heavy atom. The normalized spacial score (nSPS) is 14.1. The van der Waals surface area contributed by atoms with E-state index in [0.717, 1.165) is 32.6 Å². The Bertz CT molecular complexity index is 622. The Balaban J connectivity index is 1.89. The summed E-state index contributed by atoms with van der Waals surface area (Å²) in [6, 6.07) is 2.18. The Kier molecular flexibility index (Phi) is 3.92. The van der Waals surface area contributed by atoms with Crippen LogP contribution in [0.5, 0.6) is 0 Å². The van der Waals surface area contributed by atoms with Gasteiger partial charge in [0.1, 0.15) is 0 Å². The van der Waals surface area contributed by atoms with Crippen molar-refractivity contribution in [2.45, 2.75) is 26.8 Å². The van der Waals surface area contributed by atoms with Crippen LogP contribution in [0.1, 0.15) is 24.3 Å². The molecular weight excluding hydrogens is 284 g/mol. The van der Waals surface area contributed by atoms with Crippen molar-refractivity contribution in [3.8, 4) is 0 Å². The van der Waals surface area contributed by atoms with Crippen LogP contribution < -0.4 is 15.5 Å². The lowest BCUT2D eigenvalue weighted by Gasteiger charge is -2.28. The van der Waals surface area contributed by atoms with Crippen LogP contribution in [0.2, 0.25) is 0 Å². The minimum Gasteiger partial charge on any atom is -0.368 e. The van der Waals surface area contributed by atoms with E-state index in [-0.39, 0.29) is 5.95 Å². The summed E-state index contributed by atoms with van der Waals surface area (Å²) in [6.45, 7) is 7.65.